The number of pyridine rings is 2. The largest absolute Gasteiger partial charge is 0.324 e. The van der Waals surface area contributed by atoms with Crippen LogP contribution in [-0.2, 0) is 7.05 Å². The van der Waals surface area contributed by atoms with Crippen LogP contribution in [0.1, 0.15) is 11.3 Å². The molecule has 7 nitrogen and oxygen atoms in total. The molecule has 0 fully saturated rings. The lowest BCUT2D eigenvalue weighted by atomic mass is 9.99. The number of nitrogens with zero attached hydrogens (tertiary/aromatic N) is 4. The second-order valence-electron chi connectivity index (χ2n) is 7.99. The SMILES string of the molecule is Cc1cc2c(cn1)cc(-c1cc(Nc3nnc(-c4ccc(Cl)cc4)[nH]3)ccc1C)c(=O)n2C. The molecule has 5 rings (SSSR count). The van der Waals surface area contributed by atoms with Crippen LogP contribution >= 0.6 is 11.6 Å². The molecule has 0 saturated carbocycles. The molecule has 2 N–H and O–H groups in total. The number of halogens is 1. The van der Waals surface area contributed by atoms with E-state index in [0.717, 1.165) is 39.0 Å². The minimum atomic E-state index is -0.0574. The number of hydrogen-bond acceptors (Lipinski definition) is 5. The molecule has 3 aromatic heterocycles. The average molecular weight is 457 g/mol. The molecule has 3 heterocycles. The van der Waals surface area contributed by atoms with Crippen LogP contribution in [0.4, 0.5) is 11.6 Å². The third-order valence-electron chi connectivity index (χ3n) is 5.64. The van der Waals surface area contributed by atoms with E-state index < -0.39 is 0 Å². The highest BCUT2D eigenvalue weighted by Gasteiger charge is 2.13. The Balaban J connectivity index is 1.51. The molecule has 0 unspecified atom stereocenters. The van der Waals surface area contributed by atoms with Gasteiger partial charge in [0, 0.05) is 46.2 Å². The highest BCUT2D eigenvalue weighted by molar-refractivity contribution is 6.30. The molecule has 5 aromatic rings. The fourth-order valence-corrected chi connectivity index (χ4v) is 3.97. The van der Waals surface area contributed by atoms with E-state index in [-0.39, 0.29) is 5.56 Å². The zero-order valence-electron chi connectivity index (χ0n) is 18.3. The predicted octanol–water partition coefficient (Wildman–Crippen LogP) is 5.40. The van der Waals surface area contributed by atoms with Gasteiger partial charge in [0.25, 0.3) is 5.56 Å². The zero-order chi connectivity index (χ0) is 23.1. The minimum Gasteiger partial charge on any atom is -0.324 e. The Morgan fingerprint density at radius 3 is 2.55 bits per heavy atom. The Hall–Kier alpha value is -3.97. The molecule has 0 amide bonds. The molecule has 0 aliphatic heterocycles. The number of fused-ring (bicyclic) bond motifs is 1. The number of benzene rings is 2. The molecule has 0 aliphatic carbocycles. The maximum atomic E-state index is 13.2. The van der Waals surface area contributed by atoms with Gasteiger partial charge in [-0.2, -0.15) is 0 Å². The molecule has 0 spiro atoms. The Bertz CT molecular complexity index is 1550. The second-order valence-corrected chi connectivity index (χ2v) is 8.43. The van der Waals surface area contributed by atoms with Gasteiger partial charge in [-0.05, 0) is 73.5 Å². The quantitative estimate of drug-likeness (QED) is 0.378. The Morgan fingerprint density at radius 2 is 1.76 bits per heavy atom. The zero-order valence-corrected chi connectivity index (χ0v) is 19.1. The highest BCUT2D eigenvalue weighted by atomic mass is 35.5. The summed E-state index contributed by atoms with van der Waals surface area (Å²) in [6.45, 7) is 3.90. The lowest BCUT2D eigenvalue weighted by molar-refractivity contribution is 0.905. The summed E-state index contributed by atoms with van der Waals surface area (Å²) in [5.41, 5.74) is 5.81. The van der Waals surface area contributed by atoms with Crippen molar-refractivity contribution >= 4 is 34.1 Å². The van der Waals surface area contributed by atoms with Crippen molar-refractivity contribution in [1.29, 1.82) is 0 Å². The lowest BCUT2D eigenvalue weighted by Crippen LogP contribution is -2.19. The van der Waals surface area contributed by atoms with Gasteiger partial charge in [-0.25, -0.2) is 0 Å². The molecule has 8 heteroatoms. The van der Waals surface area contributed by atoms with Crippen LogP contribution in [0.15, 0.2) is 65.6 Å². The van der Waals surface area contributed by atoms with Gasteiger partial charge in [-0.1, -0.05) is 17.7 Å². The van der Waals surface area contributed by atoms with E-state index in [4.69, 9.17) is 11.6 Å². The summed E-state index contributed by atoms with van der Waals surface area (Å²) in [6, 6.07) is 17.1. The van der Waals surface area contributed by atoms with Crippen LogP contribution in [0.25, 0.3) is 33.4 Å². The smallest absolute Gasteiger partial charge is 0.258 e. The first-order valence-corrected chi connectivity index (χ1v) is 10.8. The topological polar surface area (TPSA) is 88.5 Å². The molecule has 33 heavy (non-hydrogen) atoms. The summed E-state index contributed by atoms with van der Waals surface area (Å²) in [5.74, 6) is 1.13. The van der Waals surface area contributed by atoms with Crippen LogP contribution in [-0.4, -0.2) is 24.7 Å². The summed E-state index contributed by atoms with van der Waals surface area (Å²) in [6.07, 6.45) is 1.80. The number of H-pyrrole nitrogens is 1. The summed E-state index contributed by atoms with van der Waals surface area (Å²) >= 11 is 5.96. The molecule has 164 valence electrons. The molecule has 0 bridgehead atoms. The lowest BCUT2D eigenvalue weighted by Gasteiger charge is -2.13. The maximum absolute atomic E-state index is 13.2. The number of aryl methyl sites for hydroxylation is 3. The fourth-order valence-electron chi connectivity index (χ4n) is 3.84. The van der Waals surface area contributed by atoms with E-state index in [1.807, 2.05) is 56.3 Å². The van der Waals surface area contributed by atoms with Crippen LogP contribution in [0, 0.1) is 13.8 Å². The number of rotatable bonds is 4. The molecule has 0 aliphatic rings. The van der Waals surface area contributed by atoms with Crippen LogP contribution in [0.5, 0.6) is 0 Å². The molecule has 0 radical (unpaired) electrons. The molecule has 0 atom stereocenters. The van der Waals surface area contributed by atoms with E-state index >= 15 is 0 Å². The van der Waals surface area contributed by atoms with Crippen LogP contribution in [0.2, 0.25) is 5.02 Å². The molecular weight excluding hydrogens is 436 g/mol. The van der Waals surface area contributed by atoms with E-state index in [9.17, 15) is 4.79 Å². The van der Waals surface area contributed by atoms with Crippen molar-refractivity contribution in [2.24, 2.45) is 7.05 Å². The van der Waals surface area contributed by atoms with Gasteiger partial charge >= 0.3 is 0 Å². The van der Waals surface area contributed by atoms with Gasteiger partial charge in [0.15, 0.2) is 5.82 Å². The monoisotopic (exact) mass is 456 g/mol. The van der Waals surface area contributed by atoms with E-state index in [1.54, 1.807) is 29.9 Å². The van der Waals surface area contributed by atoms with E-state index in [0.29, 0.717) is 22.4 Å². The average Bonchev–Trinajstić information content (AvgIpc) is 3.27. The fraction of sp³-hybridized carbons (Fsp3) is 0.120. The van der Waals surface area contributed by atoms with Crippen LogP contribution < -0.4 is 10.9 Å². The number of hydrogen-bond donors (Lipinski definition) is 2. The molecule has 2 aromatic carbocycles. The maximum Gasteiger partial charge on any atom is 0.258 e. The first kappa shape index (κ1) is 20.9. The first-order valence-electron chi connectivity index (χ1n) is 10.4. The van der Waals surface area contributed by atoms with E-state index in [1.165, 1.54) is 0 Å². The Morgan fingerprint density at radius 1 is 0.970 bits per heavy atom. The number of anilines is 2. The second kappa shape index (κ2) is 8.18. The van der Waals surface area contributed by atoms with Gasteiger partial charge in [-0.3, -0.25) is 9.78 Å². The van der Waals surface area contributed by atoms with Gasteiger partial charge in [0.05, 0.1) is 5.52 Å². The van der Waals surface area contributed by atoms with Gasteiger partial charge in [0.1, 0.15) is 0 Å². The van der Waals surface area contributed by atoms with Crippen molar-refractivity contribution in [3.8, 4) is 22.5 Å². The third-order valence-corrected chi connectivity index (χ3v) is 5.89. The summed E-state index contributed by atoms with van der Waals surface area (Å²) in [4.78, 5) is 20.7. The number of aromatic nitrogens is 5. The third kappa shape index (κ3) is 3.99. The van der Waals surface area contributed by atoms with Crippen molar-refractivity contribution < 1.29 is 0 Å². The van der Waals surface area contributed by atoms with Crippen molar-refractivity contribution in [1.82, 2.24) is 24.7 Å². The van der Waals surface area contributed by atoms with Crippen molar-refractivity contribution in [3.63, 3.8) is 0 Å². The summed E-state index contributed by atoms with van der Waals surface area (Å²) < 4.78 is 1.67. The van der Waals surface area contributed by atoms with Crippen molar-refractivity contribution in [2.75, 3.05) is 5.32 Å². The normalized spacial score (nSPS) is 11.2. The summed E-state index contributed by atoms with van der Waals surface area (Å²) in [7, 11) is 1.79. The Labute approximate surface area is 195 Å². The first-order chi connectivity index (χ1) is 15.9. The standard InChI is InChI=1S/C25H21ClN6O/c1-14-4-9-19(28-25-29-23(30-31-25)16-5-7-18(26)8-6-16)12-20(14)21-11-17-13-27-15(2)10-22(17)32(3)24(21)33/h4-13H,1-3H3,(H2,28,29,30,31). The summed E-state index contributed by atoms with van der Waals surface area (Å²) in [5, 5.41) is 13.2. The van der Waals surface area contributed by atoms with Crippen molar-refractivity contribution in [2.45, 2.75) is 13.8 Å². The highest BCUT2D eigenvalue weighted by Crippen LogP contribution is 2.28. The minimum absolute atomic E-state index is 0.0574. The number of nitrogens with one attached hydrogen (secondary N) is 2. The number of aromatic amines is 1. The molecular formula is C25H21ClN6O. The van der Waals surface area contributed by atoms with Crippen LogP contribution in [0.3, 0.4) is 0 Å². The van der Waals surface area contributed by atoms with Gasteiger partial charge < -0.3 is 14.9 Å². The van der Waals surface area contributed by atoms with Gasteiger partial charge in [0.2, 0.25) is 5.95 Å². The van der Waals surface area contributed by atoms with E-state index in [2.05, 4.69) is 25.5 Å². The Kier molecular flexibility index (Phi) is 5.18. The molecule has 0 saturated heterocycles. The van der Waals surface area contributed by atoms with Gasteiger partial charge in [-0.15, -0.1) is 10.2 Å². The predicted molar refractivity (Wildman–Crippen MR) is 132 cm³/mol. The van der Waals surface area contributed by atoms with Crippen molar-refractivity contribution in [3.05, 3.63) is 87.4 Å².